The quantitative estimate of drug-likeness (QED) is 0.547. The summed E-state index contributed by atoms with van der Waals surface area (Å²) in [7, 11) is 0. The summed E-state index contributed by atoms with van der Waals surface area (Å²) in [5.74, 6) is 2.56. The Morgan fingerprint density at radius 1 is 0.967 bits per heavy atom. The van der Waals surface area contributed by atoms with Gasteiger partial charge in [-0.1, -0.05) is 23.2 Å². The van der Waals surface area contributed by atoms with Crippen LogP contribution in [0.3, 0.4) is 0 Å². The lowest BCUT2D eigenvalue weighted by atomic mass is 10.1. The largest absolute Gasteiger partial charge is 0.484 e. The van der Waals surface area contributed by atoms with Gasteiger partial charge in [-0.2, -0.15) is 0 Å². The number of likely N-dealkylation sites (tertiary alicyclic amines) is 1. The van der Waals surface area contributed by atoms with Crippen molar-refractivity contribution in [3.8, 4) is 11.4 Å². The van der Waals surface area contributed by atoms with Gasteiger partial charge in [0.25, 0.3) is 0 Å². The van der Waals surface area contributed by atoms with E-state index >= 15 is 0 Å². The van der Waals surface area contributed by atoms with Gasteiger partial charge in [0.1, 0.15) is 23.5 Å². The van der Waals surface area contributed by atoms with Crippen molar-refractivity contribution in [2.75, 3.05) is 13.1 Å². The van der Waals surface area contributed by atoms with Crippen LogP contribution in [-0.4, -0.2) is 38.8 Å². The maximum Gasteiger partial charge on any atom is 0.140 e. The van der Waals surface area contributed by atoms with Gasteiger partial charge >= 0.3 is 0 Å². The summed E-state index contributed by atoms with van der Waals surface area (Å²) < 4.78 is 8.60. The second kappa shape index (κ2) is 7.88. The first-order chi connectivity index (χ1) is 14.5. The summed E-state index contributed by atoms with van der Waals surface area (Å²) in [5.41, 5.74) is 3.30. The number of halogens is 2. The molecule has 0 amide bonds. The highest BCUT2D eigenvalue weighted by molar-refractivity contribution is 6.35. The molecule has 5 nitrogen and oxygen atoms in total. The fraction of sp³-hybridized carbons (Fsp3) is 0.391. The Bertz CT molecular complexity index is 1050. The maximum atomic E-state index is 6.57. The summed E-state index contributed by atoms with van der Waals surface area (Å²) in [6.45, 7) is 6.12. The van der Waals surface area contributed by atoms with Crippen molar-refractivity contribution >= 4 is 23.2 Å². The van der Waals surface area contributed by atoms with E-state index in [-0.39, 0.29) is 12.1 Å². The lowest BCUT2D eigenvalue weighted by Gasteiger charge is -2.30. The zero-order valence-electron chi connectivity index (χ0n) is 17.1. The van der Waals surface area contributed by atoms with Crippen molar-refractivity contribution in [1.82, 2.24) is 19.7 Å². The number of hydrogen-bond acceptors (Lipinski definition) is 4. The molecule has 0 unspecified atom stereocenters. The molecule has 0 radical (unpaired) electrons. The number of rotatable bonds is 4. The van der Waals surface area contributed by atoms with Gasteiger partial charge in [0.15, 0.2) is 0 Å². The molecule has 0 spiro atoms. The summed E-state index contributed by atoms with van der Waals surface area (Å²) >= 11 is 12.9. The van der Waals surface area contributed by atoms with Gasteiger partial charge in [-0.25, -0.2) is 0 Å². The molecule has 1 saturated heterocycles. The standard InChI is InChI=1S/C23H24Cl2N4O/c1-14-26-27-15(2)29(14)17-5-7-18(8-6-17)30-23-20-11-16(24)12-21(25)19(20)13-22(23)28-9-3-4-10-28/h5-8,11-12,22-23H,3-4,9-10,13H2,1-2H3/t22-,23+/m1/s1. The van der Waals surface area contributed by atoms with Crippen molar-refractivity contribution < 1.29 is 4.74 Å². The zero-order chi connectivity index (χ0) is 20.8. The molecule has 30 heavy (non-hydrogen) atoms. The monoisotopic (exact) mass is 442 g/mol. The van der Waals surface area contributed by atoms with Crippen molar-refractivity contribution in [3.63, 3.8) is 0 Å². The molecule has 2 aromatic carbocycles. The van der Waals surface area contributed by atoms with Gasteiger partial charge < -0.3 is 4.74 Å². The van der Waals surface area contributed by atoms with E-state index in [0.29, 0.717) is 5.02 Å². The molecule has 3 aromatic rings. The Labute approximate surface area is 186 Å². The summed E-state index contributed by atoms with van der Waals surface area (Å²) in [5, 5.41) is 9.68. The molecule has 0 bridgehead atoms. The predicted octanol–water partition coefficient (Wildman–Crippen LogP) is 5.33. The lowest BCUT2D eigenvalue weighted by Crippen LogP contribution is -2.38. The van der Waals surface area contributed by atoms with E-state index in [1.807, 2.05) is 54.8 Å². The predicted molar refractivity (Wildman–Crippen MR) is 119 cm³/mol. The minimum atomic E-state index is -0.0847. The van der Waals surface area contributed by atoms with E-state index in [4.69, 9.17) is 27.9 Å². The number of nitrogens with zero attached hydrogens (tertiary/aromatic N) is 4. The molecular weight excluding hydrogens is 419 g/mol. The van der Waals surface area contributed by atoms with Crippen LogP contribution in [0, 0.1) is 13.8 Å². The molecule has 1 aromatic heterocycles. The summed E-state index contributed by atoms with van der Waals surface area (Å²) in [6.07, 6.45) is 3.28. The number of fused-ring (bicyclic) bond motifs is 1. The molecule has 2 atom stereocenters. The normalized spacial score (nSPS) is 21.2. The van der Waals surface area contributed by atoms with Crippen LogP contribution in [-0.2, 0) is 6.42 Å². The highest BCUT2D eigenvalue weighted by Gasteiger charge is 2.40. The number of hydrogen-bond donors (Lipinski definition) is 0. The zero-order valence-corrected chi connectivity index (χ0v) is 18.6. The second-order valence-electron chi connectivity index (χ2n) is 8.13. The SMILES string of the molecule is Cc1nnc(C)n1-c1ccc(O[C@H]2c3cc(Cl)cc(Cl)c3C[C@H]2N2CCCC2)cc1. The first kappa shape index (κ1) is 19.9. The van der Waals surface area contributed by atoms with Crippen LogP contribution in [0.2, 0.25) is 10.0 Å². The molecule has 1 fully saturated rings. The summed E-state index contributed by atoms with van der Waals surface area (Å²) in [4.78, 5) is 2.53. The van der Waals surface area contributed by atoms with E-state index in [1.54, 1.807) is 0 Å². The van der Waals surface area contributed by atoms with Crippen LogP contribution in [0.25, 0.3) is 5.69 Å². The average Bonchev–Trinajstić information content (AvgIpc) is 3.43. The van der Waals surface area contributed by atoms with Crippen LogP contribution in [0.15, 0.2) is 36.4 Å². The maximum absolute atomic E-state index is 6.57. The Balaban J connectivity index is 1.46. The number of aryl methyl sites for hydroxylation is 2. The summed E-state index contributed by atoms with van der Waals surface area (Å²) in [6, 6.07) is 12.2. The molecule has 1 aliphatic heterocycles. The van der Waals surface area contributed by atoms with E-state index in [2.05, 4.69) is 15.1 Å². The molecule has 0 saturated carbocycles. The van der Waals surface area contributed by atoms with Gasteiger partial charge in [0.2, 0.25) is 0 Å². The first-order valence-corrected chi connectivity index (χ1v) is 11.1. The van der Waals surface area contributed by atoms with Gasteiger partial charge in [-0.15, -0.1) is 10.2 Å². The van der Waals surface area contributed by atoms with Crippen LogP contribution in [0.5, 0.6) is 5.75 Å². The van der Waals surface area contributed by atoms with Crippen molar-refractivity contribution in [2.24, 2.45) is 0 Å². The Hall–Kier alpha value is -2.08. The molecule has 2 aliphatic rings. The van der Waals surface area contributed by atoms with Crippen molar-refractivity contribution in [1.29, 1.82) is 0 Å². The Kier molecular flexibility index (Phi) is 5.21. The molecule has 0 N–H and O–H groups in total. The third-order valence-corrected chi connectivity index (χ3v) is 6.77. The molecule has 2 heterocycles. The number of benzene rings is 2. The minimum absolute atomic E-state index is 0.0847. The molecular formula is C23H24Cl2N4O. The van der Waals surface area contributed by atoms with Gasteiger partial charge in [0, 0.05) is 21.3 Å². The highest BCUT2D eigenvalue weighted by atomic mass is 35.5. The van der Waals surface area contributed by atoms with E-state index in [0.717, 1.165) is 58.7 Å². The first-order valence-electron chi connectivity index (χ1n) is 10.4. The Morgan fingerprint density at radius 3 is 2.30 bits per heavy atom. The van der Waals surface area contributed by atoms with Crippen LogP contribution in [0.1, 0.15) is 41.7 Å². The van der Waals surface area contributed by atoms with Gasteiger partial charge in [-0.3, -0.25) is 9.47 Å². The van der Waals surface area contributed by atoms with Gasteiger partial charge in [-0.05, 0) is 88.2 Å². The van der Waals surface area contributed by atoms with Crippen LogP contribution >= 0.6 is 23.2 Å². The van der Waals surface area contributed by atoms with Crippen LogP contribution in [0.4, 0.5) is 0 Å². The second-order valence-corrected chi connectivity index (χ2v) is 8.98. The highest BCUT2D eigenvalue weighted by Crippen LogP contribution is 2.43. The van der Waals surface area contributed by atoms with E-state index in [1.165, 1.54) is 12.8 Å². The fourth-order valence-corrected chi connectivity index (χ4v) is 5.40. The third kappa shape index (κ3) is 3.49. The van der Waals surface area contributed by atoms with E-state index < -0.39 is 0 Å². The minimum Gasteiger partial charge on any atom is -0.484 e. The number of aromatic nitrogens is 3. The van der Waals surface area contributed by atoms with Crippen molar-refractivity contribution in [3.05, 3.63) is 69.2 Å². The molecule has 156 valence electrons. The Morgan fingerprint density at radius 2 is 1.63 bits per heavy atom. The smallest absolute Gasteiger partial charge is 0.140 e. The van der Waals surface area contributed by atoms with Crippen molar-refractivity contribution in [2.45, 2.75) is 45.3 Å². The lowest BCUT2D eigenvalue weighted by molar-refractivity contribution is 0.0941. The topological polar surface area (TPSA) is 43.2 Å². The molecule has 7 heteroatoms. The fourth-order valence-electron chi connectivity index (χ4n) is 4.81. The third-order valence-electron chi connectivity index (χ3n) is 6.22. The molecule has 1 aliphatic carbocycles. The number of ether oxygens (including phenoxy) is 1. The average molecular weight is 443 g/mol. The van der Waals surface area contributed by atoms with Gasteiger partial charge in [0.05, 0.1) is 6.04 Å². The van der Waals surface area contributed by atoms with Crippen LogP contribution < -0.4 is 4.74 Å². The molecule has 5 rings (SSSR count). The van der Waals surface area contributed by atoms with E-state index in [9.17, 15) is 0 Å².